The van der Waals surface area contributed by atoms with Crippen molar-refractivity contribution in [2.24, 2.45) is 0 Å². The van der Waals surface area contributed by atoms with Crippen molar-refractivity contribution in [3.63, 3.8) is 0 Å². The number of benzene rings is 2. The summed E-state index contributed by atoms with van der Waals surface area (Å²) >= 11 is 6.65. The SMILES string of the molecule is ClN1[C@@H](c2ccccc2)CCC[C@H]1c1ccccc1. The second kappa shape index (κ2) is 5.77. The predicted molar refractivity (Wildman–Crippen MR) is 79.9 cm³/mol. The Morgan fingerprint density at radius 1 is 0.737 bits per heavy atom. The fourth-order valence-corrected chi connectivity index (χ4v) is 3.36. The van der Waals surface area contributed by atoms with E-state index in [4.69, 9.17) is 11.8 Å². The lowest BCUT2D eigenvalue weighted by molar-refractivity contribution is 0.189. The molecule has 2 atom stereocenters. The molecule has 1 nitrogen and oxygen atoms in total. The number of hydrogen-bond donors (Lipinski definition) is 0. The lowest BCUT2D eigenvalue weighted by Crippen LogP contribution is -2.29. The molecule has 0 spiro atoms. The van der Waals surface area contributed by atoms with E-state index < -0.39 is 0 Å². The molecule has 2 aromatic carbocycles. The number of piperidine rings is 1. The zero-order valence-corrected chi connectivity index (χ0v) is 11.6. The summed E-state index contributed by atoms with van der Waals surface area (Å²) in [6, 6.07) is 21.8. The van der Waals surface area contributed by atoms with Crippen LogP contribution in [0.5, 0.6) is 0 Å². The quantitative estimate of drug-likeness (QED) is 0.686. The van der Waals surface area contributed by atoms with E-state index in [2.05, 4.69) is 60.7 Å². The Kier molecular flexibility index (Phi) is 3.86. The maximum Gasteiger partial charge on any atom is 0.0508 e. The van der Waals surface area contributed by atoms with Crippen LogP contribution in [0.4, 0.5) is 0 Å². The summed E-state index contributed by atoms with van der Waals surface area (Å²) in [4.78, 5) is 0. The van der Waals surface area contributed by atoms with E-state index in [1.54, 1.807) is 0 Å². The first-order chi connectivity index (χ1) is 9.36. The van der Waals surface area contributed by atoms with Gasteiger partial charge >= 0.3 is 0 Å². The van der Waals surface area contributed by atoms with Crippen molar-refractivity contribution in [3.8, 4) is 0 Å². The van der Waals surface area contributed by atoms with Crippen molar-refractivity contribution >= 4 is 11.8 Å². The Labute approximate surface area is 119 Å². The Balaban J connectivity index is 1.86. The van der Waals surface area contributed by atoms with Crippen LogP contribution in [0.1, 0.15) is 42.5 Å². The van der Waals surface area contributed by atoms with E-state index in [1.807, 2.05) is 4.42 Å². The number of rotatable bonds is 2. The lowest BCUT2D eigenvalue weighted by Gasteiger charge is -2.37. The Hall–Kier alpha value is -1.31. The maximum atomic E-state index is 6.65. The van der Waals surface area contributed by atoms with Gasteiger partial charge in [0.05, 0.1) is 12.1 Å². The third-order valence-corrected chi connectivity index (χ3v) is 4.39. The molecule has 2 aromatic rings. The molecule has 1 aliphatic rings. The Morgan fingerprint density at radius 2 is 1.16 bits per heavy atom. The van der Waals surface area contributed by atoms with E-state index in [-0.39, 0.29) is 0 Å². The van der Waals surface area contributed by atoms with Crippen molar-refractivity contribution < 1.29 is 0 Å². The van der Waals surface area contributed by atoms with Gasteiger partial charge in [-0.15, -0.1) is 0 Å². The fraction of sp³-hybridized carbons (Fsp3) is 0.294. The van der Waals surface area contributed by atoms with Crippen molar-refractivity contribution in [3.05, 3.63) is 71.8 Å². The van der Waals surface area contributed by atoms with Crippen LogP contribution in [0.3, 0.4) is 0 Å². The van der Waals surface area contributed by atoms with E-state index >= 15 is 0 Å². The molecular weight excluding hydrogens is 254 g/mol. The van der Waals surface area contributed by atoms with Gasteiger partial charge in [0.15, 0.2) is 0 Å². The molecule has 0 aliphatic carbocycles. The van der Waals surface area contributed by atoms with Crippen LogP contribution in [0.25, 0.3) is 0 Å². The summed E-state index contributed by atoms with van der Waals surface area (Å²) in [6.45, 7) is 0. The third kappa shape index (κ3) is 2.68. The monoisotopic (exact) mass is 271 g/mol. The number of halogens is 1. The molecule has 0 bridgehead atoms. The van der Waals surface area contributed by atoms with Crippen LogP contribution in [-0.4, -0.2) is 4.42 Å². The molecule has 0 amide bonds. The predicted octanol–water partition coefficient (Wildman–Crippen LogP) is 5.11. The first-order valence-electron chi connectivity index (χ1n) is 6.90. The minimum atomic E-state index is 0.321. The average Bonchev–Trinajstić information content (AvgIpc) is 2.49. The summed E-state index contributed by atoms with van der Waals surface area (Å²) in [5.74, 6) is 0. The van der Waals surface area contributed by atoms with E-state index in [0.29, 0.717) is 12.1 Å². The molecule has 0 aromatic heterocycles. The first-order valence-corrected chi connectivity index (χ1v) is 7.24. The van der Waals surface area contributed by atoms with Crippen LogP contribution < -0.4 is 0 Å². The van der Waals surface area contributed by atoms with Crippen LogP contribution in [0.15, 0.2) is 60.7 Å². The molecule has 3 rings (SSSR count). The molecule has 0 saturated carbocycles. The van der Waals surface area contributed by atoms with Gasteiger partial charge in [-0.25, -0.2) is 4.42 Å². The van der Waals surface area contributed by atoms with Gasteiger partial charge in [-0.1, -0.05) is 60.7 Å². The minimum Gasteiger partial charge on any atom is -0.205 e. The van der Waals surface area contributed by atoms with E-state index in [1.165, 1.54) is 17.5 Å². The zero-order valence-electron chi connectivity index (χ0n) is 10.9. The number of hydrogen-bond acceptors (Lipinski definition) is 1. The van der Waals surface area contributed by atoms with E-state index in [9.17, 15) is 0 Å². The molecule has 1 aliphatic heterocycles. The summed E-state index contributed by atoms with van der Waals surface area (Å²) in [7, 11) is 0. The molecule has 0 unspecified atom stereocenters. The van der Waals surface area contributed by atoms with Gasteiger partial charge in [-0.05, 0) is 42.2 Å². The molecule has 2 heteroatoms. The second-order valence-corrected chi connectivity index (χ2v) is 5.52. The zero-order chi connectivity index (χ0) is 13.1. The molecule has 0 N–H and O–H groups in total. The maximum absolute atomic E-state index is 6.65. The molecule has 1 heterocycles. The van der Waals surface area contributed by atoms with Crippen molar-refractivity contribution in [2.45, 2.75) is 31.3 Å². The van der Waals surface area contributed by atoms with Crippen molar-refractivity contribution in [2.75, 3.05) is 0 Å². The van der Waals surface area contributed by atoms with Gasteiger partial charge < -0.3 is 0 Å². The third-order valence-electron chi connectivity index (χ3n) is 3.92. The summed E-state index contributed by atoms with van der Waals surface area (Å²) < 4.78 is 2.02. The topological polar surface area (TPSA) is 3.24 Å². The summed E-state index contributed by atoms with van der Waals surface area (Å²) in [5.41, 5.74) is 2.64. The van der Waals surface area contributed by atoms with Crippen LogP contribution >= 0.6 is 11.8 Å². The molecule has 98 valence electrons. The van der Waals surface area contributed by atoms with Gasteiger partial charge in [0, 0.05) is 0 Å². The Bertz CT molecular complexity index is 464. The highest BCUT2D eigenvalue weighted by molar-refractivity contribution is 6.13. The van der Waals surface area contributed by atoms with Crippen LogP contribution in [-0.2, 0) is 0 Å². The smallest absolute Gasteiger partial charge is 0.0508 e. The first kappa shape index (κ1) is 12.7. The molecular formula is C17H18ClN. The summed E-state index contributed by atoms with van der Waals surface area (Å²) in [6.07, 6.45) is 3.50. The standard InChI is InChI=1S/C17H18ClN/c18-19-16(14-8-3-1-4-9-14)12-7-13-17(19)15-10-5-2-6-11-15/h1-6,8-11,16-17H,7,12-13H2/t16-,17+. The van der Waals surface area contributed by atoms with Gasteiger partial charge in [-0.2, -0.15) is 0 Å². The van der Waals surface area contributed by atoms with Crippen molar-refractivity contribution in [1.82, 2.24) is 4.42 Å². The Morgan fingerprint density at radius 3 is 1.58 bits per heavy atom. The highest BCUT2D eigenvalue weighted by Gasteiger charge is 2.31. The average molecular weight is 272 g/mol. The van der Waals surface area contributed by atoms with Crippen LogP contribution in [0.2, 0.25) is 0 Å². The van der Waals surface area contributed by atoms with Crippen molar-refractivity contribution in [1.29, 1.82) is 0 Å². The highest BCUT2D eigenvalue weighted by atomic mass is 35.5. The van der Waals surface area contributed by atoms with Gasteiger partial charge in [0.25, 0.3) is 0 Å². The van der Waals surface area contributed by atoms with Gasteiger partial charge in [0.2, 0.25) is 0 Å². The molecule has 1 saturated heterocycles. The van der Waals surface area contributed by atoms with Gasteiger partial charge in [-0.3, -0.25) is 0 Å². The van der Waals surface area contributed by atoms with Gasteiger partial charge in [0.1, 0.15) is 0 Å². The normalized spacial score (nSPS) is 24.3. The second-order valence-electron chi connectivity index (χ2n) is 5.13. The van der Waals surface area contributed by atoms with E-state index in [0.717, 1.165) is 12.8 Å². The highest BCUT2D eigenvalue weighted by Crippen LogP contribution is 2.42. The molecule has 19 heavy (non-hydrogen) atoms. The largest absolute Gasteiger partial charge is 0.205 e. The lowest BCUT2D eigenvalue weighted by atomic mass is 9.90. The summed E-state index contributed by atoms with van der Waals surface area (Å²) in [5, 5.41) is 0. The number of nitrogens with zero attached hydrogens (tertiary/aromatic N) is 1. The minimum absolute atomic E-state index is 0.321. The molecule has 1 fully saturated rings. The molecule has 0 radical (unpaired) electrons. The fourth-order valence-electron chi connectivity index (χ4n) is 2.94. The van der Waals surface area contributed by atoms with Crippen LogP contribution in [0, 0.1) is 0 Å².